The van der Waals surface area contributed by atoms with Gasteiger partial charge in [0.2, 0.25) is 0 Å². The molecule has 2 heteroatoms. The monoisotopic (exact) mass is 214 g/mol. The molecule has 0 amide bonds. The van der Waals surface area contributed by atoms with Crippen molar-refractivity contribution in [2.75, 3.05) is 0 Å². The predicted molar refractivity (Wildman–Crippen MR) is 59.8 cm³/mol. The fraction of sp³-hybridized carbons (Fsp3) is 0.636. The number of halogens is 1. The van der Waals surface area contributed by atoms with Gasteiger partial charge in [-0.25, -0.2) is 0 Å². The summed E-state index contributed by atoms with van der Waals surface area (Å²) in [5, 5.41) is 2.69. The van der Waals surface area contributed by atoms with Crippen LogP contribution in [0.2, 0.25) is 0 Å². The van der Waals surface area contributed by atoms with E-state index in [0.29, 0.717) is 17.2 Å². The lowest BCUT2D eigenvalue weighted by molar-refractivity contribution is 0.539. The summed E-state index contributed by atoms with van der Waals surface area (Å²) >= 11 is 8.07. The van der Waals surface area contributed by atoms with Gasteiger partial charge in [0.15, 0.2) is 0 Å². The molecule has 72 valence electrons. The highest BCUT2D eigenvalue weighted by molar-refractivity contribution is 7.10. The summed E-state index contributed by atoms with van der Waals surface area (Å²) < 4.78 is 0. The number of aryl methyl sites for hydroxylation is 1. The zero-order valence-corrected chi connectivity index (χ0v) is 9.66. The van der Waals surface area contributed by atoms with Gasteiger partial charge in [0.05, 0.1) is 0 Å². The first-order chi connectivity index (χ1) is 6.18. The van der Waals surface area contributed by atoms with Crippen molar-refractivity contribution in [2.45, 2.75) is 38.0 Å². The maximum Gasteiger partial charge on any atom is 0.0367 e. The Morgan fingerprint density at radius 3 is 2.69 bits per heavy atom. The van der Waals surface area contributed by atoms with E-state index in [9.17, 15) is 0 Å². The topological polar surface area (TPSA) is 0 Å². The molecule has 0 aliphatic heterocycles. The Labute approximate surface area is 88.9 Å². The molecule has 1 aromatic heterocycles. The van der Waals surface area contributed by atoms with Crippen molar-refractivity contribution in [3.05, 3.63) is 21.9 Å². The van der Waals surface area contributed by atoms with E-state index >= 15 is 0 Å². The van der Waals surface area contributed by atoms with Crippen LogP contribution in [-0.2, 0) is 0 Å². The Balaban J connectivity index is 2.18. The Morgan fingerprint density at radius 2 is 2.23 bits per heavy atom. The van der Waals surface area contributed by atoms with Crippen LogP contribution in [-0.4, -0.2) is 5.38 Å². The van der Waals surface area contributed by atoms with Crippen molar-refractivity contribution in [2.24, 2.45) is 5.92 Å². The van der Waals surface area contributed by atoms with Crippen molar-refractivity contribution in [3.63, 3.8) is 0 Å². The summed E-state index contributed by atoms with van der Waals surface area (Å²) in [7, 11) is 0. The summed E-state index contributed by atoms with van der Waals surface area (Å²) in [6.45, 7) is 4.45. The number of thiophene rings is 1. The summed E-state index contributed by atoms with van der Waals surface area (Å²) in [6.07, 6.45) is 2.45. The van der Waals surface area contributed by atoms with E-state index in [2.05, 4.69) is 25.3 Å². The molecule has 0 radical (unpaired) electrons. The minimum absolute atomic E-state index is 0.394. The van der Waals surface area contributed by atoms with Crippen LogP contribution in [0.1, 0.15) is 36.1 Å². The maximum absolute atomic E-state index is 6.22. The van der Waals surface area contributed by atoms with Gasteiger partial charge in [0.25, 0.3) is 0 Å². The summed E-state index contributed by atoms with van der Waals surface area (Å²) in [4.78, 5) is 1.42. The SMILES string of the molecule is Cc1cc(C2CCC(Cl)C2C)cs1. The fourth-order valence-corrected chi connectivity index (χ4v) is 3.32. The summed E-state index contributed by atoms with van der Waals surface area (Å²) in [5.41, 5.74) is 1.51. The van der Waals surface area contributed by atoms with Crippen LogP contribution in [0.4, 0.5) is 0 Å². The van der Waals surface area contributed by atoms with Crippen LogP contribution in [0.15, 0.2) is 11.4 Å². The van der Waals surface area contributed by atoms with Gasteiger partial charge >= 0.3 is 0 Å². The van der Waals surface area contributed by atoms with E-state index in [1.165, 1.54) is 23.3 Å². The van der Waals surface area contributed by atoms with Crippen molar-refractivity contribution in [1.29, 1.82) is 0 Å². The second-order valence-electron chi connectivity index (χ2n) is 4.05. The van der Waals surface area contributed by atoms with Crippen LogP contribution >= 0.6 is 22.9 Å². The number of rotatable bonds is 1. The average Bonchev–Trinajstić information content (AvgIpc) is 2.62. The number of hydrogen-bond donors (Lipinski definition) is 0. The Bertz CT molecular complexity index is 292. The number of alkyl halides is 1. The van der Waals surface area contributed by atoms with E-state index in [0.717, 1.165) is 0 Å². The zero-order chi connectivity index (χ0) is 9.42. The second-order valence-corrected chi connectivity index (χ2v) is 5.73. The highest BCUT2D eigenvalue weighted by Gasteiger charge is 2.32. The van der Waals surface area contributed by atoms with Gasteiger partial charge < -0.3 is 0 Å². The average molecular weight is 215 g/mol. The predicted octanol–water partition coefficient (Wildman–Crippen LogP) is 4.18. The third-order valence-electron chi connectivity index (χ3n) is 3.14. The lowest BCUT2D eigenvalue weighted by Gasteiger charge is -2.15. The first-order valence-electron chi connectivity index (χ1n) is 4.87. The van der Waals surface area contributed by atoms with E-state index < -0.39 is 0 Å². The van der Waals surface area contributed by atoms with Crippen molar-refractivity contribution in [1.82, 2.24) is 0 Å². The maximum atomic E-state index is 6.22. The van der Waals surface area contributed by atoms with Gasteiger partial charge in [-0.1, -0.05) is 6.92 Å². The van der Waals surface area contributed by atoms with E-state index in [1.54, 1.807) is 0 Å². The van der Waals surface area contributed by atoms with Gasteiger partial charge in [0.1, 0.15) is 0 Å². The molecule has 0 spiro atoms. The van der Waals surface area contributed by atoms with Gasteiger partial charge in [0, 0.05) is 10.3 Å². The summed E-state index contributed by atoms with van der Waals surface area (Å²) in [5.74, 6) is 1.36. The van der Waals surface area contributed by atoms with Gasteiger partial charge in [-0.3, -0.25) is 0 Å². The molecule has 2 rings (SSSR count). The molecule has 1 fully saturated rings. The molecule has 13 heavy (non-hydrogen) atoms. The Morgan fingerprint density at radius 1 is 1.46 bits per heavy atom. The normalized spacial score (nSPS) is 33.9. The lowest BCUT2D eigenvalue weighted by atomic mass is 9.92. The molecule has 0 bridgehead atoms. The summed E-state index contributed by atoms with van der Waals surface area (Å²) in [6, 6.07) is 2.32. The molecule has 3 unspecified atom stereocenters. The van der Waals surface area contributed by atoms with Crippen molar-refractivity contribution in [3.8, 4) is 0 Å². The van der Waals surface area contributed by atoms with Gasteiger partial charge in [-0.15, -0.1) is 22.9 Å². The van der Waals surface area contributed by atoms with E-state index in [1.807, 2.05) is 11.3 Å². The molecule has 1 saturated carbocycles. The fourth-order valence-electron chi connectivity index (χ4n) is 2.25. The lowest BCUT2D eigenvalue weighted by Crippen LogP contribution is -2.08. The van der Waals surface area contributed by atoms with Gasteiger partial charge in [-0.2, -0.15) is 0 Å². The molecular formula is C11H15ClS. The van der Waals surface area contributed by atoms with Crippen molar-refractivity contribution >= 4 is 22.9 Å². The van der Waals surface area contributed by atoms with Crippen LogP contribution in [0, 0.1) is 12.8 Å². The third kappa shape index (κ3) is 1.77. The second kappa shape index (κ2) is 3.62. The Kier molecular flexibility index (Phi) is 2.66. The molecule has 0 saturated heterocycles. The standard InChI is InChI=1S/C11H15ClS/c1-7-5-9(6-13-7)10-3-4-11(12)8(10)2/h5-6,8,10-11H,3-4H2,1-2H3. The van der Waals surface area contributed by atoms with Crippen LogP contribution in [0.25, 0.3) is 0 Å². The first-order valence-corrected chi connectivity index (χ1v) is 6.19. The molecule has 0 aromatic carbocycles. The molecule has 3 atom stereocenters. The third-order valence-corrected chi connectivity index (χ3v) is 4.63. The smallest absolute Gasteiger partial charge is 0.0367 e. The van der Waals surface area contributed by atoms with Crippen LogP contribution in [0.5, 0.6) is 0 Å². The highest BCUT2D eigenvalue weighted by atomic mass is 35.5. The van der Waals surface area contributed by atoms with Crippen LogP contribution in [0.3, 0.4) is 0 Å². The molecular weight excluding hydrogens is 200 g/mol. The first kappa shape index (κ1) is 9.54. The zero-order valence-electron chi connectivity index (χ0n) is 8.09. The molecule has 1 aliphatic carbocycles. The minimum atomic E-state index is 0.394. The highest BCUT2D eigenvalue weighted by Crippen LogP contribution is 2.43. The molecule has 1 heterocycles. The Hall–Kier alpha value is -0.0100. The largest absolute Gasteiger partial charge is 0.149 e. The minimum Gasteiger partial charge on any atom is -0.149 e. The van der Waals surface area contributed by atoms with E-state index in [4.69, 9.17) is 11.6 Å². The molecule has 0 nitrogen and oxygen atoms in total. The number of hydrogen-bond acceptors (Lipinski definition) is 1. The quantitative estimate of drug-likeness (QED) is 0.616. The van der Waals surface area contributed by atoms with Gasteiger partial charge in [-0.05, 0) is 48.6 Å². The molecule has 1 aliphatic rings. The molecule has 1 aromatic rings. The van der Waals surface area contributed by atoms with Crippen LogP contribution < -0.4 is 0 Å². The van der Waals surface area contributed by atoms with Crippen molar-refractivity contribution < 1.29 is 0 Å². The van der Waals surface area contributed by atoms with E-state index in [-0.39, 0.29) is 0 Å². The molecule has 0 N–H and O–H groups in total.